The number of benzene rings is 1. The predicted molar refractivity (Wildman–Crippen MR) is 102 cm³/mol. The summed E-state index contributed by atoms with van der Waals surface area (Å²) in [4.78, 5) is 8.83. The summed E-state index contributed by atoms with van der Waals surface area (Å²) >= 11 is 0. The molecule has 1 aliphatic heterocycles. The minimum absolute atomic E-state index is 0.195. The molecule has 136 valence electrons. The lowest BCUT2D eigenvalue weighted by Gasteiger charge is -2.20. The Morgan fingerprint density at radius 2 is 1.96 bits per heavy atom. The van der Waals surface area contributed by atoms with E-state index in [0.29, 0.717) is 0 Å². The van der Waals surface area contributed by atoms with Gasteiger partial charge in [-0.1, -0.05) is 26.0 Å². The van der Waals surface area contributed by atoms with Crippen LogP contribution in [0.15, 0.2) is 49.1 Å². The fourth-order valence-corrected chi connectivity index (χ4v) is 3.25. The molecular formula is C21H25FN4. The van der Waals surface area contributed by atoms with Gasteiger partial charge in [0.05, 0.1) is 23.9 Å². The molecule has 1 N–H and O–H groups in total. The average molecular weight is 352 g/mol. The molecule has 0 atom stereocenters. The minimum atomic E-state index is -0.195. The van der Waals surface area contributed by atoms with Crippen molar-refractivity contribution in [1.82, 2.24) is 19.9 Å². The third-order valence-corrected chi connectivity index (χ3v) is 4.53. The lowest BCUT2D eigenvalue weighted by molar-refractivity contribution is 0.624. The number of aryl methyl sites for hydroxylation is 2. The molecule has 0 saturated heterocycles. The van der Waals surface area contributed by atoms with E-state index in [1.807, 2.05) is 44.7 Å². The zero-order valence-electron chi connectivity index (χ0n) is 15.4. The molecule has 0 fully saturated rings. The van der Waals surface area contributed by atoms with Crippen molar-refractivity contribution in [2.24, 2.45) is 0 Å². The third-order valence-electron chi connectivity index (χ3n) is 4.53. The molecular weight excluding hydrogens is 327 g/mol. The topological polar surface area (TPSA) is 42.7 Å². The molecule has 1 aliphatic rings. The number of nitrogens with zero attached hydrogens (tertiary/aromatic N) is 3. The maximum atomic E-state index is 13.0. The number of hydrogen-bond donors (Lipinski definition) is 1. The van der Waals surface area contributed by atoms with Gasteiger partial charge in [0.25, 0.3) is 0 Å². The number of halogens is 1. The zero-order valence-corrected chi connectivity index (χ0v) is 15.4. The smallest absolute Gasteiger partial charge is 0.123 e. The first-order valence-electron chi connectivity index (χ1n) is 9.24. The summed E-state index contributed by atoms with van der Waals surface area (Å²) in [5, 5.41) is 3.36. The van der Waals surface area contributed by atoms with Gasteiger partial charge in [-0.05, 0) is 48.7 Å². The Kier molecular flexibility index (Phi) is 6.12. The van der Waals surface area contributed by atoms with Crippen molar-refractivity contribution in [3.05, 3.63) is 71.7 Å². The highest BCUT2D eigenvalue weighted by Crippen LogP contribution is 2.27. The van der Waals surface area contributed by atoms with Gasteiger partial charge in [0.2, 0.25) is 0 Å². The number of fused-ring (bicyclic) bond motifs is 1. The maximum Gasteiger partial charge on any atom is 0.123 e. The van der Waals surface area contributed by atoms with Gasteiger partial charge in [-0.25, -0.2) is 9.37 Å². The van der Waals surface area contributed by atoms with Crippen LogP contribution in [-0.2, 0) is 25.9 Å². The highest BCUT2D eigenvalue weighted by molar-refractivity contribution is 5.64. The van der Waals surface area contributed by atoms with E-state index in [1.165, 1.54) is 23.3 Å². The first kappa shape index (κ1) is 18.3. The van der Waals surface area contributed by atoms with Gasteiger partial charge in [-0.2, -0.15) is 0 Å². The second-order valence-electron chi connectivity index (χ2n) is 6.06. The fraction of sp³-hybridized carbons (Fsp3) is 0.333. The minimum Gasteiger partial charge on any atom is -0.330 e. The lowest BCUT2D eigenvalue weighted by Crippen LogP contribution is -2.25. The number of hydrogen-bond acceptors (Lipinski definition) is 3. The van der Waals surface area contributed by atoms with E-state index in [-0.39, 0.29) is 5.82 Å². The molecule has 0 spiro atoms. The number of aromatic nitrogens is 3. The van der Waals surface area contributed by atoms with Crippen LogP contribution < -0.4 is 5.32 Å². The monoisotopic (exact) mass is 352 g/mol. The Bertz CT molecular complexity index is 839. The van der Waals surface area contributed by atoms with Crippen molar-refractivity contribution >= 4 is 0 Å². The molecule has 0 bridgehead atoms. The van der Waals surface area contributed by atoms with Crippen LogP contribution in [0.1, 0.15) is 30.7 Å². The molecule has 0 amide bonds. The molecule has 26 heavy (non-hydrogen) atoms. The normalized spacial score (nSPS) is 12.9. The molecule has 0 aliphatic carbocycles. The van der Waals surface area contributed by atoms with Crippen LogP contribution >= 0.6 is 0 Å². The second-order valence-corrected chi connectivity index (χ2v) is 6.06. The van der Waals surface area contributed by atoms with Gasteiger partial charge in [-0.15, -0.1) is 0 Å². The first-order chi connectivity index (χ1) is 12.8. The molecule has 3 heterocycles. The van der Waals surface area contributed by atoms with E-state index in [0.717, 1.165) is 49.4 Å². The van der Waals surface area contributed by atoms with E-state index in [9.17, 15) is 4.39 Å². The van der Waals surface area contributed by atoms with Crippen LogP contribution in [0.2, 0.25) is 0 Å². The SMILES string of the molecule is CC.Fc1ccc(CCn2cncc2-c2ccnc3c2CCNC3)cc1. The molecule has 2 aromatic heterocycles. The molecule has 4 nitrogen and oxygen atoms in total. The van der Waals surface area contributed by atoms with E-state index < -0.39 is 0 Å². The van der Waals surface area contributed by atoms with Gasteiger partial charge in [0, 0.05) is 24.8 Å². The summed E-state index contributed by atoms with van der Waals surface area (Å²) in [5.74, 6) is -0.195. The van der Waals surface area contributed by atoms with Gasteiger partial charge in [0.1, 0.15) is 5.82 Å². The Morgan fingerprint density at radius 1 is 1.15 bits per heavy atom. The summed E-state index contributed by atoms with van der Waals surface area (Å²) in [6.07, 6.45) is 7.49. The largest absolute Gasteiger partial charge is 0.330 e. The van der Waals surface area contributed by atoms with E-state index in [4.69, 9.17) is 0 Å². The number of imidazole rings is 1. The Morgan fingerprint density at radius 3 is 2.77 bits per heavy atom. The highest BCUT2D eigenvalue weighted by atomic mass is 19.1. The molecule has 0 radical (unpaired) electrons. The third kappa shape index (κ3) is 3.99. The lowest BCUT2D eigenvalue weighted by atomic mass is 9.98. The molecule has 3 aromatic rings. The van der Waals surface area contributed by atoms with Gasteiger partial charge >= 0.3 is 0 Å². The standard InChI is InChI=1S/C19H19FN4.C2H6/c20-15-3-1-14(2-4-15)7-10-24-13-22-12-19(24)17-6-9-23-18-11-21-8-5-16(17)18;1-2/h1-4,6,9,12-13,21H,5,7-8,10-11H2;1-2H3. The van der Waals surface area contributed by atoms with Crippen LogP contribution in [0.4, 0.5) is 4.39 Å². The number of rotatable bonds is 4. The zero-order chi connectivity index (χ0) is 18.4. The van der Waals surface area contributed by atoms with E-state index in [1.54, 1.807) is 0 Å². The van der Waals surface area contributed by atoms with Crippen LogP contribution in [0.5, 0.6) is 0 Å². The van der Waals surface area contributed by atoms with Crippen LogP contribution in [0.25, 0.3) is 11.3 Å². The Hall–Kier alpha value is -2.53. The predicted octanol–water partition coefficient (Wildman–Crippen LogP) is 4.00. The van der Waals surface area contributed by atoms with Crippen LogP contribution in [-0.4, -0.2) is 21.1 Å². The van der Waals surface area contributed by atoms with E-state index in [2.05, 4.69) is 25.9 Å². The van der Waals surface area contributed by atoms with Crippen molar-refractivity contribution in [1.29, 1.82) is 0 Å². The van der Waals surface area contributed by atoms with Crippen LogP contribution in [0.3, 0.4) is 0 Å². The Balaban J connectivity index is 0.000000948. The molecule has 0 unspecified atom stereocenters. The van der Waals surface area contributed by atoms with Crippen molar-refractivity contribution in [3.8, 4) is 11.3 Å². The average Bonchev–Trinajstić information content (AvgIpc) is 3.17. The summed E-state index contributed by atoms with van der Waals surface area (Å²) in [7, 11) is 0. The quantitative estimate of drug-likeness (QED) is 0.772. The van der Waals surface area contributed by atoms with Crippen molar-refractivity contribution in [2.75, 3.05) is 6.54 Å². The maximum absolute atomic E-state index is 13.0. The van der Waals surface area contributed by atoms with Crippen molar-refractivity contribution < 1.29 is 4.39 Å². The summed E-state index contributed by atoms with van der Waals surface area (Å²) in [6.45, 7) is 6.62. The summed E-state index contributed by atoms with van der Waals surface area (Å²) in [5.41, 5.74) is 5.91. The molecule has 0 saturated carbocycles. The Labute approximate surface area is 154 Å². The van der Waals surface area contributed by atoms with Gasteiger partial charge < -0.3 is 9.88 Å². The molecule has 4 rings (SSSR count). The summed E-state index contributed by atoms with van der Waals surface area (Å²) in [6, 6.07) is 8.78. The second kappa shape index (κ2) is 8.72. The van der Waals surface area contributed by atoms with E-state index >= 15 is 0 Å². The van der Waals surface area contributed by atoms with Gasteiger partial charge in [0.15, 0.2) is 0 Å². The van der Waals surface area contributed by atoms with Crippen molar-refractivity contribution in [3.63, 3.8) is 0 Å². The fourth-order valence-electron chi connectivity index (χ4n) is 3.25. The van der Waals surface area contributed by atoms with Gasteiger partial charge in [-0.3, -0.25) is 4.98 Å². The van der Waals surface area contributed by atoms with Crippen LogP contribution in [0, 0.1) is 5.82 Å². The number of nitrogens with one attached hydrogen (secondary N) is 1. The summed E-state index contributed by atoms with van der Waals surface area (Å²) < 4.78 is 15.2. The first-order valence-corrected chi connectivity index (χ1v) is 9.24. The highest BCUT2D eigenvalue weighted by Gasteiger charge is 2.17. The van der Waals surface area contributed by atoms with Crippen molar-refractivity contribution in [2.45, 2.75) is 39.8 Å². The number of pyridine rings is 1. The molecule has 5 heteroatoms. The molecule has 1 aromatic carbocycles.